The quantitative estimate of drug-likeness (QED) is 0.875. The van der Waals surface area contributed by atoms with Crippen LogP contribution in [0, 0.1) is 5.92 Å². The van der Waals surface area contributed by atoms with Crippen molar-refractivity contribution in [2.45, 2.75) is 45.1 Å². The fourth-order valence-electron chi connectivity index (χ4n) is 3.04. The van der Waals surface area contributed by atoms with Gasteiger partial charge in [-0.15, -0.1) is 0 Å². The lowest BCUT2D eigenvalue weighted by Crippen LogP contribution is -2.27. The molecule has 2 nitrogen and oxygen atoms in total. The largest absolute Gasteiger partial charge is 0.389 e. The van der Waals surface area contributed by atoms with Crippen molar-refractivity contribution in [2.24, 2.45) is 5.92 Å². The highest BCUT2D eigenvalue weighted by atomic mass is 16.3. The average Bonchev–Trinajstić information content (AvgIpc) is 2.40. The molecule has 0 spiro atoms. The second-order valence-electron chi connectivity index (χ2n) is 5.62. The zero-order valence-electron chi connectivity index (χ0n) is 11.6. The molecule has 1 fully saturated rings. The van der Waals surface area contributed by atoms with Gasteiger partial charge in [-0.05, 0) is 31.7 Å². The van der Waals surface area contributed by atoms with Crippen LogP contribution in [0.15, 0.2) is 24.3 Å². The number of anilines is 1. The lowest BCUT2D eigenvalue weighted by molar-refractivity contribution is 0.199. The molecule has 1 aliphatic carbocycles. The van der Waals surface area contributed by atoms with Gasteiger partial charge in [-0.3, -0.25) is 0 Å². The Hall–Kier alpha value is -1.02. The van der Waals surface area contributed by atoms with Crippen LogP contribution < -0.4 is 4.90 Å². The van der Waals surface area contributed by atoms with E-state index in [4.69, 9.17) is 0 Å². The third-order valence-electron chi connectivity index (χ3n) is 4.05. The molecule has 1 aromatic carbocycles. The molecule has 18 heavy (non-hydrogen) atoms. The lowest BCUT2D eigenvalue weighted by Gasteiger charge is -2.30. The second kappa shape index (κ2) is 6.24. The summed E-state index contributed by atoms with van der Waals surface area (Å²) in [5.74, 6) is 0.825. The number of hydrogen-bond acceptors (Lipinski definition) is 2. The van der Waals surface area contributed by atoms with Crippen molar-refractivity contribution < 1.29 is 5.11 Å². The number of rotatable bonds is 4. The van der Waals surface area contributed by atoms with Crippen molar-refractivity contribution in [1.29, 1.82) is 0 Å². The normalized spacial score (nSPS) is 18.6. The maximum Gasteiger partial charge on any atom is 0.0781 e. The van der Waals surface area contributed by atoms with Crippen LogP contribution in [0.3, 0.4) is 0 Å². The van der Waals surface area contributed by atoms with Crippen molar-refractivity contribution in [3.8, 4) is 0 Å². The van der Waals surface area contributed by atoms with Gasteiger partial charge in [0.15, 0.2) is 0 Å². The third-order valence-corrected chi connectivity index (χ3v) is 4.05. The molecule has 0 amide bonds. The Morgan fingerprint density at radius 1 is 1.22 bits per heavy atom. The molecular weight excluding hydrogens is 222 g/mol. The monoisotopic (exact) mass is 247 g/mol. The smallest absolute Gasteiger partial charge is 0.0781 e. The van der Waals surface area contributed by atoms with Crippen LogP contribution in [0.25, 0.3) is 0 Å². The van der Waals surface area contributed by atoms with Gasteiger partial charge in [-0.1, -0.05) is 37.5 Å². The van der Waals surface area contributed by atoms with E-state index in [9.17, 15) is 5.11 Å². The van der Waals surface area contributed by atoms with Crippen LogP contribution in [0.1, 0.15) is 50.7 Å². The van der Waals surface area contributed by atoms with E-state index in [0.29, 0.717) is 0 Å². The van der Waals surface area contributed by atoms with Crippen LogP contribution in [0.5, 0.6) is 0 Å². The molecule has 0 heterocycles. The molecule has 0 bridgehead atoms. The Morgan fingerprint density at radius 2 is 1.89 bits per heavy atom. The Labute approximate surface area is 111 Å². The summed E-state index contributed by atoms with van der Waals surface area (Å²) in [5, 5.41) is 9.83. The molecule has 0 radical (unpaired) electrons. The highest BCUT2D eigenvalue weighted by molar-refractivity contribution is 5.53. The number of aliphatic hydroxyl groups is 1. The van der Waals surface area contributed by atoms with Crippen LogP contribution >= 0.6 is 0 Å². The van der Waals surface area contributed by atoms with Gasteiger partial charge in [0.05, 0.1) is 6.10 Å². The number of benzene rings is 1. The fraction of sp³-hybridized carbons (Fsp3) is 0.625. The first kappa shape index (κ1) is 13.4. The van der Waals surface area contributed by atoms with E-state index in [-0.39, 0.29) is 0 Å². The van der Waals surface area contributed by atoms with E-state index >= 15 is 0 Å². The van der Waals surface area contributed by atoms with Gasteiger partial charge in [0.25, 0.3) is 0 Å². The minimum Gasteiger partial charge on any atom is -0.389 e. The van der Waals surface area contributed by atoms with Crippen molar-refractivity contribution in [3.05, 3.63) is 29.8 Å². The van der Waals surface area contributed by atoms with Gasteiger partial charge in [-0.2, -0.15) is 0 Å². The summed E-state index contributed by atoms with van der Waals surface area (Å²) < 4.78 is 0. The summed E-state index contributed by atoms with van der Waals surface area (Å²) in [5.41, 5.74) is 2.22. The summed E-state index contributed by atoms with van der Waals surface area (Å²) in [6.45, 7) is 2.96. The van der Waals surface area contributed by atoms with Gasteiger partial charge in [-0.25, -0.2) is 0 Å². The summed E-state index contributed by atoms with van der Waals surface area (Å²) in [6, 6.07) is 8.20. The summed E-state index contributed by atoms with van der Waals surface area (Å²) in [7, 11) is 2.15. The molecule has 0 saturated heterocycles. The SMILES string of the molecule is CC(O)c1ccccc1N(C)CC1CCCCC1. The van der Waals surface area contributed by atoms with E-state index in [1.807, 2.05) is 19.1 Å². The first-order valence-corrected chi connectivity index (χ1v) is 7.16. The Morgan fingerprint density at radius 3 is 2.56 bits per heavy atom. The molecule has 0 aliphatic heterocycles. The van der Waals surface area contributed by atoms with Crippen LogP contribution in [0.4, 0.5) is 5.69 Å². The number of aliphatic hydroxyl groups excluding tert-OH is 1. The van der Waals surface area contributed by atoms with Crippen LogP contribution in [0.2, 0.25) is 0 Å². The summed E-state index contributed by atoms with van der Waals surface area (Å²) in [4.78, 5) is 2.32. The molecule has 0 aromatic heterocycles. The minimum absolute atomic E-state index is 0.394. The number of para-hydroxylation sites is 1. The highest BCUT2D eigenvalue weighted by Crippen LogP contribution is 2.29. The molecule has 2 heteroatoms. The minimum atomic E-state index is -0.394. The molecule has 1 aliphatic rings. The highest BCUT2D eigenvalue weighted by Gasteiger charge is 2.17. The van der Waals surface area contributed by atoms with Gasteiger partial charge >= 0.3 is 0 Å². The Bertz CT molecular complexity index is 369. The molecule has 1 atom stereocenters. The van der Waals surface area contributed by atoms with Gasteiger partial charge in [0.1, 0.15) is 0 Å². The molecule has 1 aromatic rings. The first-order chi connectivity index (χ1) is 8.68. The topological polar surface area (TPSA) is 23.5 Å². The second-order valence-corrected chi connectivity index (χ2v) is 5.62. The molecule has 1 unspecified atom stereocenters. The maximum absolute atomic E-state index is 9.83. The van der Waals surface area contributed by atoms with E-state index in [1.165, 1.54) is 37.8 Å². The van der Waals surface area contributed by atoms with Crippen molar-refractivity contribution in [1.82, 2.24) is 0 Å². The van der Waals surface area contributed by atoms with Crippen LogP contribution in [-0.2, 0) is 0 Å². The maximum atomic E-state index is 9.83. The molecule has 1 N–H and O–H groups in total. The van der Waals surface area contributed by atoms with Crippen molar-refractivity contribution >= 4 is 5.69 Å². The predicted octanol–water partition coefficient (Wildman–Crippen LogP) is 3.76. The standard InChI is InChI=1S/C16H25NO/c1-13(18)15-10-6-7-11-16(15)17(2)12-14-8-4-3-5-9-14/h6-7,10-11,13-14,18H,3-5,8-9,12H2,1-2H3. The first-order valence-electron chi connectivity index (χ1n) is 7.16. The van der Waals surface area contributed by atoms with E-state index < -0.39 is 6.10 Å². The Kier molecular flexibility index (Phi) is 4.65. The number of hydrogen-bond donors (Lipinski definition) is 1. The van der Waals surface area contributed by atoms with Crippen molar-refractivity contribution in [3.63, 3.8) is 0 Å². The molecule has 1 saturated carbocycles. The number of nitrogens with zero attached hydrogens (tertiary/aromatic N) is 1. The zero-order valence-corrected chi connectivity index (χ0v) is 11.6. The summed E-state index contributed by atoms with van der Waals surface area (Å²) in [6.07, 6.45) is 6.51. The van der Waals surface area contributed by atoms with E-state index in [1.54, 1.807) is 0 Å². The fourth-order valence-corrected chi connectivity index (χ4v) is 3.04. The zero-order chi connectivity index (χ0) is 13.0. The van der Waals surface area contributed by atoms with Crippen molar-refractivity contribution in [2.75, 3.05) is 18.5 Å². The Balaban J connectivity index is 2.05. The average molecular weight is 247 g/mol. The lowest BCUT2D eigenvalue weighted by atomic mass is 9.89. The van der Waals surface area contributed by atoms with E-state index in [0.717, 1.165) is 18.0 Å². The third kappa shape index (κ3) is 3.26. The van der Waals surface area contributed by atoms with Gasteiger partial charge in [0, 0.05) is 24.8 Å². The summed E-state index contributed by atoms with van der Waals surface area (Å²) >= 11 is 0. The van der Waals surface area contributed by atoms with E-state index in [2.05, 4.69) is 24.1 Å². The molecule has 2 rings (SSSR count). The van der Waals surface area contributed by atoms with Gasteiger partial charge < -0.3 is 10.0 Å². The predicted molar refractivity (Wildman–Crippen MR) is 76.9 cm³/mol. The molecular formula is C16H25NO. The van der Waals surface area contributed by atoms with Crippen LogP contribution in [-0.4, -0.2) is 18.7 Å². The molecule has 100 valence electrons. The van der Waals surface area contributed by atoms with Gasteiger partial charge in [0.2, 0.25) is 0 Å².